The maximum atomic E-state index is 13.5. The van der Waals surface area contributed by atoms with E-state index in [9.17, 15) is 9.18 Å². The molecule has 0 bridgehead atoms. The summed E-state index contributed by atoms with van der Waals surface area (Å²) in [5, 5.41) is 3.62. The second-order valence-corrected chi connectivity index (χ2v) is 6.58. The summed E-state index contributed by atoms with van der Waals surface area (Å²) in [5.74, 6) is -0.618. The van der Waals surface area contributed by atoms with E-state index < -0.39 is 17.8 Å². The van der Waals surface area contributed by atoms with Crippen LogP contribution in [-0.4, -0.2) is 23.4 Å². The summed E-state index contributed by atoms with van der Waals surface area (Å²) >= 11 is 12.5. The van der Waals surface area contributed by atoms with Crippen molar-refractivity contribution < 1.29 is 13.9 Å². The molecule has 1 aromatic heterocycles. The molecule has 27 heavy (non-hydrogen) atoms. The maximum absolute atomic E-state index is 13.5. The molecular weight excluding hydrogens is 392 g/mol. The number of halogens is 3. The van der Waals surface area contributed by atoms with Gasteiger partial charge in [-0.1, -0.05) is 29.3 Å². The van der Waals surface area contributed by atoms with Crippen molar-refractivity contribution in [3.63, 3.8) is 0 Å². The van der Waals surface area contributed by atoms with Gasteiger partial charge in [-0.2, -0.15) is 0 Å². The molecule has 0 radical (unpaired) electrons. The molecule has 8 heteroatoms. The lowest BCUT2D eigenvalue weighted by Gasteiger charge is -2.26. The summed E-state index contributed by atoms with van der Waals surface area (Å²) in [4.78, 5) is 21.4. The molecule has 0 saturated carbocycles. The number of nitrogens with zero attached hydrogens (tertiary/aromatic N) is 2. The van der Waals surface area contributed by atoms with Gasteiger partial charge in [-0.25, -0.2) is 9.18 Å². The van der Waals surface area contributed by atoms with Crippen LogP contribution in [0.15, 0.2) is 52.8 Å². The molecular formula is C19H16Cl2FN3O2. The first-order chi connectivity index (χ1) is 12.9. The molecule has 0 aliphatic carbocycles. The first kappa shape index (κ1) is 19.3. The monoisotopic (exact) mass is 407 g/mol. The molecule has 1 aliphatic rings. The van der Waals surface area contributed by atoms with Gasteiger partial charge in [0.15, 0.2) is 5.84 Å². The van der Waals surface area contributed by atoms with E-state index in [1.165, 1.54) is 18.2 Å². The van der Waals surface area contributed by atoms with Gasteiger partial charge in [-0.3, -0.25) is 9.98 Å². The van der Waals surface area contributed by atoms with Gasteiger partial charge in [-0.15, -0.1) is 0 Å². The molecule has 1 aliphatic heterocycles. The highest BCUT2D eigenvalue weighted by Crippen LogP contribution is 2.36. The highest BCUT2D eigenvalue weighted by Gasteiger charge is 2.32. The number of amidine groups is 1. The van der Waals surface area contributed by atoms with E-state index in [2.05, 4.69) is 15.3 Å². The Morgan fingerprint density at radius 2 is 2.07 bits per heavy atom. The van der Waals surface area contributed by atoms with E-state index in [4.69, 9.17) is 27.9 Å². The topological polar surface area (TPSA) is 63.6 Å². The third-order valence-electron chi connectivity index (χ3n) is 3.98. The largest absolute Gasteiger partial charge is 0.463 e. The molecule has 0 spiro atoms. The quantitative estimate of drug-likeness (QED) is 0.760. The van der Waals surface area contributed by atoms with Gasteiger partial charge in [0.1, 0.15) is 17.6 Å². The Morgan fingerprint density at radius 1 is 1.30 bits per heavy atom. The Labute approximate surface area is 165 Å². The molecule has 1 unspecified atom stereocenters. The zero-order valence-electron chi connectivity index (χ0n) is 14.6. The van der Waals surface area contributed by atoms with E-state index in [-0.39, 0.29) is 11.6 Å². The van der Waals surface area contributed by atoms with Crippen LogP contribution in [0.5, 0.6) is 0 Å². The molecule has 2 aromatic rings. The van der Waals surface area contributed by atoms with E-state index in [1.807, 2.05) is 0 Å². The fraction of sp³-hybridized carbons (Fsp3) is 0.211. The Balaban J connectivity index is 2.15. The fourth-order valence-corrected chi connectivity index (χ4v) is 3.26. The number of pyridine rings is 1. The third-order valence-corrected chi connectivity index (χ3v) is 4.61. The number of allylic oxidation sites excluding steroid dienone is 1. The SMILES string of the molecule is CCOC(=O)C1=C(C)NC(c2ncccc2Cl)=NC1c1ccc(F)cc1Cl. The van der Waals surface area contributed by atoms with Crippen LogP contribution in [0.3, 0.4) is 0 Å². The number of hydrogen-bond donors (Lipinski definition) is 1. The number of hydrogen-bond acceptors (Lipinski definition) is 5. The first-order valence-electron chi connectivity index (χ1n) is 8.21. The highest BCUT2D eigenvalue weighted by atomic mass is 35.5. The fourth-order valence-electron chi connectivity index (χ4n) is 2.78. The molecule has 0 fully saturated rings. The standard InChI is InChI=1S/C19H16Cl2FN3O2/c1-3-27-19(26)15-10(2)24-18(17-13(20)5-4-8-23-17)25-16(15)12-7-6-11(22)9-14(12)21/h4-9,16H,3H2,1-2H3,(H,24,25). The van der Waals surface area contributed by atoms with Crippen molar-refractivity contribution in [2.75, 3.05) is 6.61 Å². The third kappa shape index (κ3) is 3.96. The van der Waals surface area contributed by atoms with E-state index in [0.29, 0.717) is 33.4 Å². The van der Waals surface area contributed by atoms with Crippen LogP contribution >= 0.6 is 23.2 Å². The van der Waals surface area contributed by atoms with Crippen LogP contribution in [0.4, 0.5) is 4.39 Å². The van der Waals surface area contributed by atoms with Gasteiger partial charge in [0.25, 0.3) is 0 Å². The average Bonchev–Trinajstić information content (AvgIpc) is 2.61. The smallest absolute Gasteiger partial charge is 0.338 e. The molecule has 140 valence electrons. The average molecular weight is 408 g/mol. The molecule has 1 atom stereocenters. The summed E-state index contributed by atoms with van der Waals surface area (Å²) in [5.41, 5.74) is 1.74. The zero-order chi connectivity index (χ0) is 19.6. The van der Waals surface area contributed by atoms with Gasteiger partial charge >= 0.3 is 5.97 Å². The highest BCUT2D eigenvalue weighted by molar-refractivity contribution is 6.34. The Bertz CT molecular complexity index is 960. The first-order valence-corrected chi connectivity index (χ1v) is 8.96. The molecule has 5 nitrogen and oxygen atoms in total. The van der Waals surface area contributed by atoms with Gasteiger partial charge in [0.05, 0.1) is 17.2 Å². The van der Waals surface area contributed by atoms with Crippen molar-refractivity contribution in [2.45, 2.75) is 19.9 Å². The van der Waals surface area contributed by atoms with Crippen LogP contribution < -0.4 is 5.32 Å². The Hall–Kier alpha value is -2.44. The number of aliphatic imine (C=N–C) groups is 1. The number of ether oxygens (including phenoxy) is 1. The second-order valence-electron chi connectivity index (χ2n) is 5.76. The second kappa shape index (κ2) is 8.06. The normalized spacial score (nSPS) is 16.6. The van der Waals surface area contributed by atoms with Crippen molar-refractivity contribution in [2.24, 2.45) is 4.99 Å². The molecule has 2 heterocycles. The Kier molecular flexibility index (Phi) is 5.77. The van der Waals surface area contributed by atoms with Crippen molar-refractivity contribution >= 4 is 35.0 Å². The minimum Gasteiger partial charge on any atom is -0.463 e. The summed E-state index contributed by atoms with van der Waals surface area (Å²) < 4.78 is 18.7. The number of carbonyl (C=O) groups is 1. The van der Waals surface area contributed by atoms with Crippen molar-refractivity contribution in [1.29, 1.82) is 0 Å². The van der Waals surface area contributed by atoms with E-state index in [0.717, 1.165) is 0 Å². The van der Waals surface area contributed by atoms with Crippen molar-refractivity contribution in [3.8, 4) is 0 Å². The van der Waals surface area contributed by atoms with Gasteiger partial charge in [-0.05, 0) is 38.1 Å². The summed E-state index contributed by atoms with van der Waals surface area (Å²) in [6, 6.07) is 6.56. The number of esters is 1. The van der Waals surface area contributed by atoms with Crippen LogP contribution in [0, 0.1) is 5.82 Å². The zero-order valence-corrected chi connectivity index (χ0v) is 16.1. The number of carbonyl (C=O) groups excluding carboxylic acids is 1. The number of nitrogens with one attached hydrogen (secondary N) is 1. The van der Waals surface area contributed by atoms with Crippen LogP contribution in [0.25, 0.3) is 0 Å². The van der Waals surface area contributed by atoms with Gasteiger partial charge in [0, 0.05) is 22.5 Å². The summed E-state index contributed by atoms with van der Waals surface area (Å²) in [6.07, 6.45) is 1.59. The lowest BCUT2D eigenvalue weighted by Crippen LogP contribution is -2.33. The Morgan fingerprint density at radius 3 is 2.74 bits per heavy atom. The number of rotatable bonds is 4. The van der Waals surface area contributed by atoms with Crippen LogP contribution in [-0.2, 0) is 9.53 Å². The summed E-state index contributed by atoms with van der Waals surface area (Å²) in [7, 11) is 0. The molecule has 1 aromatic carbocycles. The van der Waals surface area contributed by atoms with Gasteiger partial charge < -0.3 is 10.1 Å². The lowest BCUT2D eigenvalue weighted by molar-refractivity contribution is -0.138. The predicted octanol–water partition coefficient (Wildman–Crippen LogP) is 4.46. The lowest BCUT2D eigenvalue weighted by atomic mass is 9.95. The minimum absolute atomic E-state index is 0.159. The van der Waals surface area contributed by atoms with Crippen molar-refractivity contribution in [3.05, 3.63) is 74.9 Å². The predicted molar refractivity (Wildman–Crippen MR) is 102 cm³/mol. The van der Waals surface area contributed by atoms with Crippen LogP contribution in [0.1, 0.15) is 31.1 Å². The maximum Gasteiger partial charge on any atom is 0.338 e. The van der Waals surface area contributed by atoms with Crippen LogP contribution in [0.2, 0.25) is 10.0 Å². The number of benzene rings is 1. The molecule has 3 rings (SSSR count). The van der Waals surface area contributed by atoms with E-state index >= 15 is 0 Å². The molecule has 0 amide bonds. The van der Waals surface area contributed by atoms with Crippen molar-refractivity contribution in [1.82, 2.24) is 10.3 Å². The minimum atomic E-state index is -0.786. The summed E-state index contributed by atoms with van der Waals surface area (Å²) in [6.45, 7) is 3.65. The van der Waals surface area contributed by atoms with Gasteiger partial charge in [0.2, 0.25) is 0 Å². The molecule has 1 N–H and O–H groups in total. The molecule has 0 saturated heterocycles. The number of aromatic nitrogens is 1. The van der Waals surface area contributed by atoms with E-state index in [1.54, 1.807) is 32.2 Å².